The number of thiophene rings is 1. The number of carboxylic acid groups (broad SMARTS) is 1. The van der Waals surface area contributed by atoms with Gasteiger partial charge in [-0.3, -0.25) is 4.79 Å². The van der Waals surface area contributed by atoms with E-state index in [1.165, 1.54) is 11.3 Å². The fourth-order valence-corrected chi connectivity index (χ4v) is 3.68. The van der Waals surface area contributed by atoms with Crippen molar-refractivity contribution in [1.29, 1.82) is 0 Å². The summed E-state index contributed by atoms with van der Waals surface area (Å²) in [6, 6.07) is 0. The predicted molar refractivity (Wildman–Crippen MR) is 79.1 cm³/mol. The zero-order valence-corrected chi connectivity index (χ0v) is 12.8. The SMILES string of the molecule is CCC1CCC(NC(=O)c2cscc2C)(C(=O)O)CC1. The molecule has 1 amide bonds. The van der Waals surface area contributed by atoms with E-state index >= 15 is 0 Å². The van der Waals surface area contributed by atoms with Crippen molar-refractivity contribution in [2.45, 2.75) is 51.5 Å². The molecule has 0 unspecified atom stereocenters. The number of hydrogen-bond donors (Lipinski definition) is 2. The molecule has 1 aliphatic carbocycles. The van der Waals surface area contributed by atoms with E-state index < -0.39 is 11.5 Å². The van der Waals surface area contributed by atoms with Gasteiger partial charge in [-0.15, -0.1) is 0 Å². The first kappa shape index (κ1) is 15.0. The van der Waals surface area contributed by atoms with Crippen molar-refractivity contribution < 1.29 is 14.7 Å². The standard InChI is InChI=1S/C15H21NO3S/c1-3-11-4-6-15(7-5-11,14(18)19)16-13(17)12-9-20-8-10(12)2/h8-9,11H,3-7H2,1-2H3,(H,16,17)(H,18,19). The van der Waals surface area contributed by atoms with E-state index in [1.54, 1.807) is 5.38 Å². The van der Waals surface area contributed by atoms with E-state index in [4.69, 9.17) is 0 Å². The van der Waals surface area contributed by atoms with Crippen molar-refractivity contribution in [2.75, 3.05) is 0 Å². The van der Waals surface area contributed by atoms with Crippen LogP contribution in [0.5, 0.6) is 0 Å². The van der Waals surface area contributed by atoms with Crippen molar-refractivity contribution in [3.63, 3.8) is 0 Å². The largest absolute Gasteiger partial charge is 0.480 e. The molecule has 1 aromatic heterocycles. The maximum absolute atomic E-state index is 12.3. The van der Waals surface area contributed by atoms with E-state index in [0.717, 1.165) is 24.8 Å². The highest BCUT2D eigenvalue weighted by molar-refractivity contribution is 7.08. The summed E-state index contributed by atoms with van der Waals surface area (Å²) in [5.74, 6) is -0.586. The molecule has 1 aliphatic rings. The number of nitrogens with one attached hydrogen (secondary N) is 1. The molecule has 0 saturated heterocycles. The molecular weight excluding hydrogens is 274 g/mol. The van der Waals surface area contributed by atoms with Gasteiger partial charge in [-0.1, -0.05) is 13.3 Å². The van der Waals surface area contributed by atoms with Crippen LogP contribution in [0.1, 0.15) is 54.9 Å². The fourth-order valence-electron chi connectivity index (χ4n) is 2.85. The fraction of sp³-hybridized carbons (Fsp3) is 0.600. The number of rotatable bonds is 4. The average molecular weight is 295 g/mol. The van der Waals surface area contributed by atoms with Crippen LogP contribution in [0.3, 0.4) is 0 Å². The van der Waals surface area contributed by atoms with Crippen molar-refractivity contribution in [1.82, 2.24) is 5.32 Å². The molecular formula is C15H21NO3S. The molecule has 0 aromatic carbocycles. The Morgan fingerprint density at radius 3 is 2.50 bits per heavy atom. The molecule has 0 spiro atoms. The summed E-state index contributed by atoms with van der Waals surface area (Å²) in [6.07, 6.45) is 3.86. The van der Waals surface area contributed by atoms with Gasteiger partial charge in [0, 0.05) is 5.38 Å². The molecule has 1 fully saturated rings. The van der Waals surface area contributed by atoms with Gasteiger partial charge in [0.05, 0.1) is 5.56 Å². The highest BCUT2D eigenvalue weighted by atomic mass is 32.1. The van der Waals surface area contributed by atoms with Gasteiger partial charge in [0.2, 0.25) is 0 Å². The van der Waals surface area contributed by atoms with Crippen LogP contribution >= 0.6 is 11.3 Å². The third-order valence-corrected chi connectivity index (χ3v) is 5.26. The van der Waals surface area contributed by atoms with Crippen molar-refractivity contribution in [3.05, 3.63) is 21.9 Å². The normalized spacial score (nSPS) is 26.2. The highest BCUT2D eigenvalue weighted by Crippen LogP contribution is 2.34. The Kier molecular flexibility index (Phi) is 4.48. The lowest BCUT2D eigenvalue weighted by atomic mass is 9.75. The van der Waals surface area contributed by atoms with Crippen molar-refractivity contribution >= 4 is 23.2 Å². The van der Waals surface area contributed by atoms with Gasteiger partial charge < -0.3 is 10.4 Å². The minimum Gasteiger partial charge on any atom is -0.480 e. The molecule has 20 heavy (non-hydrogen) atoms. The van der Waals surface area contributed by atoms with E-state index in [9.17, 15) is 14.7 Å². The summed E-state index contributed by atoms with van der Waals surface area (Å²) >= 11 is 1.46. The summed E-state index contributed by atoms with van der Waals surface area (Å²) in [6.45, 7) is 4.00. The Morgan fingerprint density at radius 2 is 2.05 bits per heavy atom. The Labute approximate surface area is 123 Å². The predicted octanol–water partition coefficient (Wildman–Crippen LogP) is 3.21. The monoisotopic (exact) mass is 295 g/mol. The van der Waals surface area contributed by atoms with Gasteiger partial charge in [0.15, 0.2) is 0 Å². The van der Waals surface area contributed by atoms with Gasteiger partial charge in [0.25, 0.3) is 5.91 Å². The van der Waals surface area contributed by atoms with Crippen LogP contribution in [0.15, 0.2) is 10.8 Å². The van der Waals surface area contributed by atoms with Crippen molar-refractivity contribution in [3.8, 4) is 0 Å². The van der Waals surface area contributed by atoms with Crippen LogP contribution < -0.4 is 5.32 Å². The van der Waals surface area contributed by atoms with Gasteiger partial charge in [-0.2, -0.15) is 11.3 Å². The lowest BCUT2D eigenvalue weighted by molar-refractivity contribution is -0.146. The smallest absolute Gasteiger partial charge is 0.329 e. The number of carbonyl (C=O) groups excluding carboxylic acids is 1. The Bertz CT molecular complexity index is 501. The number of amides is 1. The number of aliphatic carboxylic acids is 1. The Balaban J connectivity index is 2.13. The van der Waals surface area contributed by atoms with E-state index in [1.807, 2.05) is 12.3 Å². The van der Waals surface area contributed by atoms with E-state index in [2.05, 4.69) is 12.2 Å². The quantitative estimate of drug-likeness (QED) is 0.896. The Morgan fingerprint density at radius 1 is 1.40 bits per heavy atom. The van der Waals surface area contributed by atoms with Crippen molar-refractivity contribution in [2.24, 2.45) is 5.92 Å². The second kappa shape index (κ2) is 5.95. The summed E-state index contributed by atoms with van der Waals surface area (Å²) in [5.41, 5.74) is 0.403. The van der Waals surface area contributed by atoms with Gasteiger partial charge in [-0.25, -0.2) is 4.79 Å². The van der Waals surface area contributed by atoms with E-state index in [0.29, 0.717) is 24.3 Å². The molecule has 0 atom stereocenters. The summed E-state index contributed by atoms with van der Waals surface area (Å²) in [7, 11) is 0. The summed E-state index contributed by atoms with van der Waals surface area (Å²) in [5, 5.41) is 16.0. The van der Waals surface area contributed by atoms with Crippen LogP contribution in [-0.4, -0.2) is 22.5 Å². The first-order chi connectivity index (χ1) is 9.48. The number of aryl methyl sites for hydroxylation is 1. The molecule has 2 rings (SSSR count). The van der Waals surface area contributed by atoms with Gasteiger partial charge >= 0.3 is 5.97 Å². The minimum atomic E-state index is -1.09. The zero-order valence-electron chi connectivity index (χ0n) is 11.9. The maximum Gasteiger partial charge on any atom is 0.329 e. The molecule has 1 saturated carbocycles. The maximum atomic E-state index is 12.3. The van der Waals surface area contributed by atoms with Gasteiger partial charge in [-0.05, 0) is 49.5 Å². The number of carboxylic acids is 1. The van der Waals surface area contributed by atoms with E-state index in [-0.39, 0.29) is 5.91 Å². The minimum absolute atomic E-state index is 0.263. The first-order valence-electron chi connectivity index (χ1n) is 7.07. The molecule has 5 heteroatoms. The molecule has 4 nitrogen and oxygen atoms in total. The third-order valence-electron chi connectivity index (χ3n) is 4.40. The first-order valence-corrected chi connectivity index (χ1v) is 8.01. The van der Waals surface area contributed by atoms with Crippen LogP contribution in [0.4, 0.5) is 0 Å². The third kappa shape index (κ3) is 2.87. The molecule has 1 aromatic rings. The van der Waals surface area contributed by atoms with Crippen LogP contribution in [0.25, 0.3) is 0 Å². The lowest BCUT2D eigenvalue weighted by Gasteiger charge is -2.37. The summed E-state index contributed by atoms with van der Waals surface area (Å²) in [4.78, 5) is 23.9. The second-order valence-electron chi connectivity index (χ2n) is 5.66. The lowest BCUT2D eigenvalue weighted by Crippen LogP contribution is -2.56. The zero-order chi connectivity index (χ0) is 14.8. The number of hydrogen-bond acceptors (Lipinski definition) is 3. The van der Waals surface area contributed by atoms with Crippen LogP contribution in [-0.2, 0) is 4.79 Å². The van der Waals surface area contributed by atoms with Crippen LogP contribution in [0.2, 0.25) is 0 Å². The topological polar surface area (TPSA) is 66.4 Å². The Hall–Kier alpha value is -1.36. The van der Waals surface area contributed by atoms with Crippen LogP contribution in [0, 0.1) is 12.8 Å². The summed E-state index contributed by atoms with van der Waals surface area (Å²) < 4.78 is 0. The molecule has 0 bridgehead atoms. The molecule has 0 radical (unpaired) electrons. The molecule has 2 N–H and O–H groups in total. The van der Waals surface area contributed by atoms with Gasteiger partial charge in [0.1, 0.15) is 5.54 Å². The number of carbonyl (C=O) groups is 2. The molecule has 0 aliphatic heterocycles. The second-order valence-corrected chi connectivity index (χ2v) is 6.41. The molecule has 110 valence electrons. The average Bonchev–Trinajstić information content (AvgIpc) is 2.85. The molecule has 1 heterocycles. The highest BCUT2D eigenvalue weighted by Gasteiger charge is 2.43.